The second-order valence-corrected chi connectivity index (χ2v) is 5.66. The molecular formula is C13H23N5O. The van der Waals surface area contributed by atoms with Crippen molar-refractivity contribution in [2.24, 2.45) is 5.92 Å². The molecule has 0 radical (unpaired) electrons. The van der Waals surface area contributed by atoms with Crippen LogP contribution in [0.15, 0.2) is 6.20 Å². The van der Waals surface area contributed by atoms with Crippen LogP contribution in [0.1, 0.15) is 37.7 Å². The summed E-state index contributed by atoms with van der Waals surface area (Å²) in [5.74, 6) is 0.613. The van der Waals surface area contributed by atoms with Gasteiger partial charge in [0.15, 0.2) is 5.69 Å². The van der Waals surface area contributed by atoms with Gasteiger partial charge in [0.1, 0.15) is 0 Å². The molecule has 2 heterocycles. The van der Waals surface area contributed by atoms with E-state index in [1.807, 2.05) is 4.90 Å². The largest absolute Gasteiger partial charge is 0.334 e. The highest BCUT2D eigenvalue weighted by molar-refractivity contribution is 5.92. The molecular weight excluding hydrogens is 242 g/mol. The van der Waals surface area contributed by atoms with E-state index in [-0.39, 0.29) is 5.91 Å². The fourth-order valence-electron chi connectivity index (χ4n) is 2.17. The topological polar surface area (TPSA) is 63.1 Å². The van der Waals surface area contributed by atoms with Crippen LogP contribution in [0.25, 0.3) is 0 Å². The van der Waals surface area contributed by atoms with Gasteiger partial charge in [-0.2, -0.15) is 0 Å². The molecule has 6 heteroatoms. The van der Waals surface area contributed by atoms with Gasteiger partial charge in [-0.1, -0.05) is 19.1 Å². The molecule has 0 unspecified atom stereocenters. The number of rotatable bonds is 4. The first-order valence-corrected chi connectivity index (χ1v) is 6.99. The van der Waals surface area contributed by atoms with Gasteiger partial charge in [-0.3, -0.25) is 9.48 Å². The lowest BCUT2D eigenvalue weighted by molar-refractivity contribution is 0.0703. The molecule has 1 amide bonds. The van der Waals surface area contributed by atoms with Crippen molar-refractivity contribution >= 4 is 5.91 Å². The summed E-state index contributed by atoms with van der Waals surface area (Å²) in [6.07, 6.45) is 2.80. The zero-order chi connectivity index (χ0) is 13.8. The van der Waals surface area contributed by atoms with Crippen molar-refractivity contribution < 1.29 is 4.79 Å². The molecule has 0 bridgehead atoms. The average Bonchev–Trinajstić information content (AvgIpc) is 2.84. The average molecular weight is 265 g/mol. The first kappa shape index (κ1) is 14.0. The van der Waals surface area contributed by atoms with Crippen LogP contribution in [0.5, 0.6) is 0 Å². The smallest absolute Gasteiger partial charge is 0.276 e. The van der Waals surface area contributed by atoms with Gasteiger partial charge >= 0.3 is 0 Å². The summed E-state index contributed by atoms with van der Waals surface area (Å²) in [5, 5.41) is 11.3. The van der Waals surface area contributed by atoms with E-state index in [0.717, 1.165) is 32.6 Å². The van der Waals surface area contributed by atoms with Crippen LogP contribution in [0.3, 0.4) is 0 Å². The molecule has 1 aromatic heterocycles. The monoisotopic (exact) mass is 265 g/mol. The number of aryl methyl sites for hydroxylation is 1. The number of amides is 1. The van der Waals surface area contributed by atoms with Crippen LogP contribution in [0, 0.1) is 5.92 Å². The summed E-state index contributed by atoms with van der Waals surface area (Å²) < 4.78 is 1.76. The number of carbonyl (C=O) groups is 1. The van der Waals surface area contributed by atoms with Crippen LogP contribution >= 0.6 is 0 Å². The van der Waals surface area contributed by atoms with Crippen LogP contribution < -0.4 is 5.32 Å². The number of nitrogens with one attached hydrogen (secondary N) is 1. The molecule has 1 aliphatic heterocycles. The maximum Gasteiger partial charge on any atom is 0.276 e. The number of hydrogen-bond donors (Lipinski definition) is 1. The molecule has 2 rings (SSSR count). The number of nitrogens with zero attached hydrogens (tertiary/aromatic N) is 4. The predicted octanol–water partition coefficient (Wildman–Crippen LogP) is 0.758. The van der Waals surface area contributed by atoms with Crippen molar-refractivity contribution in [3.8, 4) is 0 Å². The molecule has 1 N–H and O–H groups in total. The van der Waals surface area contributed by atoms with Crippen LogP contribution in [-0.2, 0) is 6.54 Å². The third-order valence-electron chi connectivity index (χ3n) is 3.35. The molecule has 1 fully saturated rings. The van der Waals surface area contributed by atoms with E-state index in [0.29, 0.717) is 17.7 Å². The second kappa shape index (κ2) is 6.14. The highest BCUT2D eigenvalue weighted by Crippen LogP contribution is 2.07. The van der Waals surface area contributed by atoms with E-state index in [1.165, 1.54) is 0 Å². The van der Waals surface area contributed by atoms with Gasteiger partial charge in [0.05, 0.1) is 6.20 Å². The van der Waals surface area contributed by atoms with Crippen molar-refractivity contribution in [2.45, 2.75) is 39.8 Å². The molecule has 0 aliphatic carbocycles. The van der Waals surface area contributed by atoms with E-state index in [9.17, 15) is 4.79 Å². The van der Waals surface area contributed by atoms with E-state index < -0.39 is 0 Å². The Balaban J connectivity index is 1.95. The molecule has 0 aromatic carbocycles. The summed E-state index contributed by atoms with van der Waals surface area (Å²) in [4.78, 5) is 14.1. The summed E-state index contributed by atoms with van der Waals surface area (Å²) in [5.41, 5.74) is 0.456. The molecule has 1 atom stereocenters. The molecule has 0 saturated carbocycles. The van der Waals surface area contributed by atoms with Gasteiger partial charge in [-0.05, 0) is 19.3 Å². The Morgan fingerprint density at radius 3 is 3.05 bits per heavy atom. The van der Waals surface area contributed by atoms with E-state index in [2.05, 4.69) is 36.4 Å². The Labute approximate surface area is 114 Å². The molecule has 19 heavy (non-hydrogen) atoms. The summed E-state index contributed by atoms with van der Waals surface area (Å²) >= 11 is 0. The Hall–Kier alpha value is -1.43. The Kier molecular flexibility index (Phi) is 4.52. The van der Waals surface area contributed by atoms with Gasteiger partial charge in [-0.15, -0.1) is 5.10 Å². The third-order valence-corrected chi connectivity index (χ3v) is 3.35. The van der Waals surface area contributed by atoms with Gasteiger partial charge in [0, 0.05) is 32.2 Å². The van der Waals surface area contributed by atoms with E-state index >= 15 is 0 Å². The molecule has 106 valence electrons. The molecule has 0 spiro atoms. The quantitative estimate of drug-likeness (QED) is 0.873. The fourth-order valence-corrected chi connectivity index (χ4v) is 2.17. The molecule has 1 aromatic rings. The first-order valence-electron chi connectivity index (χ1n) is 6.99. The highest BCUT2D eigenvalue weighted by Gasteiger charge is 2.23. The molecule has 1 saturated heterocycles. The molecule has 6 nitrogen and oxygen atoms in total. The van der Waals surface area contributed by atoms with Crippen molar-refractivity contribution in [1.82, 2.24) is 25.2 Å². The van der Waals surface area contributed by atoms with E-state index in [1.54, 1.807) is 10.9 Å². The van der Waals surface area contributed by atoms with Crippen LogP contribution in [-0.4, -0.2) is 51.5 Å². The van der Waals surface area contributed by atoms with Crippen molar-refractivity contribution in [2.75, 3.05) is 19.6 Å². The SMILES string of the molecule is CC(C)CCn1cc(C(=O)N2CCN[C@H](C)C2)nn1. The van der Waals surface area contributed by atoms with Crippen molar-refractivity contribution in [1.29, 1.82) is 0 Å². The maximum absolute atomic E-state index is 12.3. The lowest BCUT2D eigenvalue weighted by atomic mass is 10.1. The van der Waals surface area contributed by atoms with Gasteiger partial charge in [-0.25, -0.2) is 0 Å². The zero-order valence-corrected chi connectivity index (χ0v) is 12.0. The Bertz CT molecular complexity index is 428. The van der Waals surface area contributed by atoms with Gasteiger partial charge in [0.2, 0.25) is 0 Å². The summed E-state index contributed by atoms with van der Waals surface area (Å²) in [7, 11) is 0. The fraction of sp³-hybridized carbons (Fsp3) is 0.769. The first-order chi connectivity index (χ1) is 9.06. The minimum Gasteiger partial charge on any atom is -0.334 e. The maximum atomic E-state index is 12.3. The molecule has 1 aliphatic rings. The second-order valence-electron chi connectivity index (χ2n) is 5.66. The Morgan fingerprint density at radius 1 is 1.58 bits per heavy atom. The number of hydrogen-bond acceptors (Lipinski definition) is 4. The van der Waals surface area contributed by atoms with Gasteiger partial charge in [0.25, 0.3) is 5.91 Å². The van der Waals surface area contributed by atoms with Crippen LogP contribution in [0.4, 0.5) is 0 Å². The summed E-state index contributed by atoms with van der Waals surface area (Å²) in [6, 6.07) is 0.341. The third kappa shape index (κ3) is 3.76. The summed E-state index contributed by atoms with van der Waals surface area (Å²) in [6.45, 7) is 9.55. The van der Waals surface area contributed by atoms with Gasteiger partial charge < -0.3 is 10.2 Å². The number of carbonyl (C=O) groups excluding carboxylic acids is 1. The zero-order valence-electron chi connectivity index (χ0n) is 12.0. The van der Waals surface area contributed by atoms with Crippen LogP contribution in [0.2, 0.25) is 0 Å². The van der Waals surface area contributed by atoms with E-state index in [4.69, 9.17) is 0 Å². The minimum atomic E-state index is -0.0100. The van der Waals surface area contributed by atoms with Crippen molar-refractivity contribution in [3.05, 3.63) is 11.9 Å². The lowest BCUT2D eigenvalue weighted by Crippen LogP contribution is -2.51. The minimum absolute atomic E-state index is 0.0100. The standard InChI is InChI=1S/C13H23N5O/c1-10(2)4-6-18-9-12(15-16-18)13(19)17-7-5-14-11(3)8-17/h9-11,14H,4-8H2,1-3H3/t11-/m1/s1. The normalized spacial score (nSPS) is 20.0. The number of aromatic nitrogens is 3. The lowest BCUT2D eigenvalue weighted by Gasteiger charge is -2.31. The number of piperazine rings is 1. The van der Waals surface area contributed by atoms with Crippen molar-refractivity contribution in [3.63, 3.8) is 0 Å². The highest BCUT2D eigenvalue weighted by atomic mass is 16.2. The predicted molar refractivity (Wildman–Crippen MR) is 72.8 cm³/mol. The Morgan fingerprint density at radius 2 is 2.37 bits per heavy atom.